The topological polar surface area (TPSA) is 24.9 Å². The van der Waals surface area contributed by atoms with Crippen molar-refractivity contribution in [3.05, 3.63) is 52.5 Å². The highest BCUT2D eigenvalue weighted by Crippen LogP contribution is 2.12. The highest BCUT2D eigenvalue weighted by molar-refractivity contribution is 7.09. The molecule has 0 aliphatic rings. The van der Waals surface area contributed by atoms with Gasteiger partial charge in [-0.15, -0.1) is 11.3 Å². The molecule has 0 radical (unpaired) electrons. The molecule has 0 saturated heterocycles. The first kappa shape index (κ1) is 11.3. The highest BCUT2D eigenvalue weighted by Gasteiger charge is 2.08. The van der Waals surface area contributed by atoms with Gasteiger partial charge >= 0.3 is 0 Å². The van der Waals surface area contributed by atoms with Gasteiger partial charge in [-0.05, 0) is 25.5 Å². The van der Waals surface area contributed by atoms with E-state index < -0.39 is 0 Å². The SMILES string of the molecule is CNC(Cc1ccccc1)Cc1cncs1. The van der Waals surface area contributed by atoms with Gasteiger partial charge in [-0.25, -0.2) is 0 Å². The molecule has 1 N–H and O–H groups in total. The van der Waals surface area contributed by atoms with Gasteiger partial charge in [0.05, 0.1) is 5.51 Å². The summed E-state index contributed by atoms with van der Waals surface area (Å²) in [6, 6.07) is 11.1. The van der Waals surface area contributed by atoms with Crippen LogP contribution in [0.15, 0.2) is 42.0 Å². The second kappa shape index (κ2) is 5.77. The van der Waals surface area contributed by atoms with Crippen molar-refractivity contribution in [2.75, 3.05) is 7.05 Å². The van der Waals surface area contributed by atoms with Crippen molar-refractivity contribution in [3.63, 3.8) is 0 Å². The zero-order valence-corrected chi connectivity index (χ0v) is 10.2. The molecule has 1 aromatic heterocycles. The second-order valence-electron chi connectivity index (χ2n) is 3.85. The van der Waals surface area contributed by atoms with E-state index in [0.717, 1.165) is 12.8 Å². The average molecular weight is 232 g/mol. The third-order valence-electron chi connectivity index (χ3n) is 2.66. The fourth-order valence-electron chi connectivity index (χ4n) is 1.76. The minimum absolute atomic E-state index is 0.489. The van der Waals surface area contributed by atoms with E-state index in [1.165, 1.54) is 10.4 Å². The first-order valence-corrected chi connectivity index (χ1v) is 6.35. The van der Waals surface area contributed by atoms with Crippen LogP contribution in [0.5, 0.6) is 0 Å². The lowest BCUT2D eigenvalue weighted by Gasteiger charge is -2.14. The highest BCUT2D eigenvalue weighted by atomic mass is 32.1. The first-order valence-electron chi connectivity index (χ1n) is 5.47. The maximum atomic E-state index is 4.11. The van der Waals surface area contributed by atoms with E-state index in [1.54, 1.807) is 11.3 Å². The largest absolute Gasteiger partial charge is 0.316 e. The number of aromatic nitrogens is 1. The van der Waals surface area contributed by atoms with E-state index in [2.05, 4.69) is 40.6 Å². The van der Waals surface area contributed by atoms with Crippen LogP contribution in [-0.4, -0.2) is 18.1 Å². The Morgan fingerprint density at radius 2 is 2.06 bits per heavy atom. The van der Waals surface area contributed by atoms with Crippen LogP contribution in [0.25, 0.3) is 0 Å². The van der Waals surface area contributed by atoms with Gasteiger partial charge in [-0.2, -0.15) is 0 Å². The van der Waals surface area contributed by atoms with Crippen LogP contribution in [0.3, 0.4) is 0 Å². The summed E-state index contributed by atoms with van der Waals surface area (Å²) in [5.41, 5.74) is 3.27. The number of rotatable bonds is 5. The van der Waals surface area contributed by atoms with Crippen molar-refractivity contribution >= 4 is 11.3 Å². The molecular weight excluding hydrogens is 216 g/mol. The molecule has 0 bridgehead atoms. The molecule has 2 aromatic rings. The van der Waals surface area contributed by atoms with Crippen LogP contribution >= 0.6 is 11.3 Å². The smallest absolute Gasteiger partial charge is 0.0794 e. The lowest BCUT2D eigenvalue weighted by Crippen LogP contribution is -2.29. The molecule has 0 fully saturated rings. The number of nitrogens with one attached hydrogen (secondary N) is 1. The van der Waals surface area contributed by atoms with Crippen molar-refractivity contribution in [1.29, 1.82) is 0 Å². The summed E-state index contributed by atoms with van der Waals surface area (Å²) in [5.74, 6) is 0. The van der Waals surface area contributed by atoms with Crippen LogP contribution < -0.4 is 5.32 Å². The normalized spacial score (nSPS) is 12.6. The Kier molecular flexibility index (Phi) is 4.08. The van der Waals surface area contributed by atoms with E-state index in [1.807, 2.05) is 18.8 Å². The molecular formula is C13H16N2S. The number of nitrogens with zero attached hydrogens (tertiary/aromatic N) is 1. The summed E-state index contributed by atoms with van der Waals surface area (Å²) < 4.78 is 0. The van der Waals surface area contributed by atoms with Gasteiger partial charge in [-0.1, -0.05) is 30.3 Å². The Hall–Kier alpha value is -1.19. The Balaban J connectivity index is 1.96. The zero-order valence-electron chi connectivity index (χ0n) is 9.39. The van der Waals surface area contributed by atoms with E-state index in [4.69, 9.17) is 0 Å². The van der Waals surface area contributed by atoms with Crippen LogP contribution in [-0.2, 0) is 12.8 Å². The predicted octanol–water partition coefficient (Wildman–Crippen LogP) is 2.52. The van der Waals surface area contributed by atoms with E-state index >= 15 is 0 Å². The van der Waals surface area contributed by atoms with Crippen molar-refractivity contribution in [2.45, 2.75) is 18.9 Å². The van der Waals surface area contributed by atoms with Crippen molar-refractivity contribution in [1.82, 2.24) is 10.3 Å². The zero-order chi connectivity index (χ0) is 11.2. The number of likely N-dealkylation sites (N-methyl/N-ethyl adjacent to an activating group) is 1. The van der Waals surface area contributed by atoms with Crippen LogP contribution in [0.1, 0.15) is 10.4 Å². The molecule has 2 rings (SSSR count). The minimum atomic E-state index is 0.489. The van der Waals surface area contributed by atoms with E-state index in [-0.39, 0.29) is 0 Å². The summed E-state index contributed by atoms with van der Waals surface area (Å²) in [7, 11) is 2.02. The average Bonchev–Trinajstić information content (AvgIpc) is 2.82. The number of benzene rings is 1. The molecule has 0 aliphatic heterocycles. The fraction of sp³-hybridized carbons (Fsp3) is 0.308. The van der Waals surface area contributed by atoms with Gasteiger partial charge in [0.25, 0.3) is 0 Å². The van der Waals surface area contributed by atoms with Crippen molar-refractivity contribution < 1.29 is 0 Å². The Labute approximate surface area is 100 Å². The molecule has 0 aliphatic carbocycles. The number of thiazole rings is 1. The van der Waals surface area contributed by atoms with Crippen molar-refractivity contribution in [3.8, 4) is 0 Å². The molecule has 0 amide bonds. The fourth-order valence-corrected chi connectivity index (χ4v) is 2.44. The van der Waals surface area contributed by atoms with Gasteiger partial charge in [0, 0.05) is 17.1 Å². The molecule has 1 aromatic carbocycles. The standard InChI is InChI=1S/C13H16N2S/c1-14-12(8-13-9-15-10-16-13)7-11-5-3-2-4-6-11/h2-6,9-10,12,14H,7-8H2,1H3. The molecule has 16 heavy (non-hydrogen) atoms. The van der Waals surface area contributed by atoms with Crippen LogP contribution in [0, 0.1) is 0 Å². The molecule has 1 heterocycles. The number of hydrogen-bond donors (Lipinski definition) is 1. The third kappa shape index (κ3) is 3.15. The molecule has 1 unspecified atom stereocenters. The molecule has 3 heteroatoms. The van der Waals surface area contributed by atoms with E-state index in [0.29, 0.717) is 6.04 Å². The summed E-state index contributed by atoms with van der Waals surface area (Å²) >= 11 is 1.73. The Morgan fingerprint density at radius 1 is 1.25 bits per heavy atom. The quantitative estimate of drug-likeness (QED) is 0.857. The first-order chi connectivity index (χ1) is 7.88. The van der Waals surface area contributed by atoms with Crippen LogP contribution in [0.4, 0.5) is 0 Å². The van der Waals surface area contributed by atoms with Gasteiger partial charge in [-0.3, -0.25) is 4.98 Å². The lowest BCUT2D eigenvalue weighted by atomic mass is 10.0. The molecule has 0 saturated carbocycles. The predicted molar refractivity (Wildman–Crippen MR) is 68.8 cm³/mol. The minimum Gasteiger partial charge on any atom is -0.316 e. The summed E-state index contributed by atoms with van der Waals surface area (Å²) in [4.78, 5) is 5.45. The van der Waals surface area contributed by atoms with Crippen molar-refractivity contribution in [2.24, 2.45) is 0 Å². The van der Waals surface area contributed by atoms with Gasteiger partial charge in [0.15, 0.2) is 0 Å². The van der Waals surface area contributed by atoms with Gasteiger partial charge in [0.1, 0.15) is 0 Å². The monoisotopic (exact) mass is 232 g/mol. The van der Waals surface area contributed by atoms with E-state index in [9.17, 15) is 0 Å². The summed E-state index contributed by atoms with van der Waals surface area (Å²) in [5, 5.41) is 3.37. The van der Waals surface area contributed by atoms with Gasteiger partial charge < -0.3 is 5.32 Å². The maximum absolute atomic E-state index is 4.11. The lowest BCUT2D eigenvalue weighted by molar-refractivity contribution is 0.560. The molecule has 2 nitrogen and oxygen atoms in total. The van der Waals surface area contributed by atoms with Crippen LogP contribution in [0.2, 0.25) is 0 Å². The van der Waals surface area contributed by atoms with Gasteiger partial charge in [0.2, 0.25) is 0 Å². The summed E-state index contributed by atoms with van der Waals surface area (Å²) in [6.45, 7) is 0. The Bertz CT molecular complexity index is 397. The second-order valence-corrected chi connectivity index (χ2v) is 4.82. The third-order valence-corrected chi connectivity index (χ3v) is 3.47. The Morgan fingerprint density at radius 3 is 2.69 bits per heavy atom. The molecule has 0 spiro atoms. The molecule has 1 atom stereocenters. The number of hydrogen-bond acceptors (Lipinski definition) is 3. The molecule has 84 valence electrons. The maximum Gasteiger partial charge on any atom is 0.0794 e. The summed E-state index contributed by atoms with van der Waals surface area (Å²) in [6.07, 6.45) is 4.07.